The summed E-state index contributed by atoms with van der Waals surface area (Å²) in [5.74, 6) is -0.444. The molecule has 0 aliphatic heterocycles. The Balaban J connectivity index is 1.78. The Bertz CT molecular complexity index is 1020. The number of nitrogens with one attached hydrogen (secondary N) is 1. The molecule has 0 aliphatic rings. The number of thioether (sulfide) groups is 1. The summed E-state index contributed by atoms with van der Waals surface area (Å²) in [4.78, 5) is 12.2. The van der Waals surface area contributed by atoms with E-state index in [-0.39, 0.29) is 27.5 Å². The monoisotopic (exact) mass is 434 g/mol. The molecule has 0 bridgehead atoms. The van der Waals surface area contributed by atoms with Gasteiger partial charge in [-0.1, -0.05) is 41.0 Å². The van der Waals surface area contributed by atoms with Crippen molar-refractivity contribution in [2.75, 3.05) is 11.1 Å². The van der Waals surface area contributed by atoms with Gasteiger partial charge in [0.1, 0.15) is 0 Å². The second-order valence-corrected chi connectivity index (χ2v) is 7.26. The van der Waals surface area contributed by atoms with Gasteiger partial charge in [0.2, 0.25) is 5.91 Å². The van der Waals surface area contributed by atoms with Gasteiger partial charge in [0.25, 0.3) is 0 Å². The molecule has 3 aromatic rings. The highest BCUT2D eigenvalue weighted by molar-refractivity contribution is 7.99. The third kappa shape index (κ3) is 4.31. The van der Waals surface area contributed by atoms with Crippen LogP contribution in [0.25, 0.3) is 5.65 Å². The second kappa shape index (κ2) is 7.57. The van der Waals surface area contributed by atoms with Crippen LogP contribution in [0.2, 0.25) is 10.0 Å². The lowest BCUT2D eigenvalue weighted by Gasteiger charge is -2.10. The molecule has 1 aromatic carbocycles. The van der Waals surface area contributed by atoms with Crippen LogP contribution in [-0.2, 0) is 11.0 Å². The number of pyridine rings is 1. The Morgan fingerprint density at radius 2 is 2.00 bits per heavy atom. The number of carbonyl (C=O) groups is 1. The van der Waals surface area contributed by atoms with Crippen molar-refractivity contribution in [3.63, 3.8) is 0 Å². The first-order chi connectivity index (χ1) is 12.7. The molecule has 0 radical (unpaired) electrons. The molecule has 3 rings (SSSR count). The van der Waals surface area contributed by atoms with Gasteiger partial charge >= 0.3 is 6.18 Å². The zero-order chi connectivity index (χ0) is 19.8. The van der Waals surface area contributed by atoms with Crippen LogP contribution in [0.15, 0.2) is 35.6 Å². The number of fused-ring (bicyclic) bond motifs is 1. The van der Waals surface area contributed by atoms with Crippen molar-refractivity contribution in [1.82, 2.24) is 14.6 Å². The van der Waals surface area contributed by atoms with Crippen molar-refractivity contribution >= 4 is 52.2 Å². The highest BCUT2D eigenvalue weighted by Crippen LogP contribution is 2.33. The van der Waals surface area contributed by atoms with Gasteiger partial charge in [-0.15, -0.1) is 10.2 Å². The molecule has 0 saturated carbocycles. The molecule has 0 saturated heterocycles. The fraction of sp³-hybridized carbons (Fsp3) is 0.188. The lowest BCUT2D eigenvalue weighted by molar-refractivity contribution is -0.137. The normalized spacial score (nSPS) is 11.8. The second-order valence-electron chi connectivity index (χ2n) is 5.50. The van der Waals surface area contributed by atoms with Gasteiger partial charge in [-0.3, -0.25) is 9.20 Å². The highest BCUT2D eigenvalue weighted by Gasteiger charge is 2.32. The molecule has 0 unspecified atom stereocenters. The number of nitrogens with zero attached hydrogens (tertiary/aromatic N) is 3. The molecular formula is C16H11Cl2F3N4OS. The number of carbonyl (C=O) groups excluding carboxylic acids is 1. The number of benzene rings is 1. The summed E-state index contributed by atoms with van der Waals surface area (Å²) in [5, 5.41) is 10.7. The summed E-state index contributed by atoms with van der Waals surface area (Å²) in [6.45, 7) is 1.76. The highest BCUT2D eigenvalue weighted by atomic mass is 35.5. The van der Waals surface area contributed by atoms with Crippen LogP contribution in [0.3, 0.4) is 0 Å². The van der Waals surface area contributed by atoms with E-state index in [1.165, 1.54) is 0 Å². The number of halogens is 5. The average molecular weight is 435 g/mol. The molecule has 2 aromatic heterocycles. The van der Waals surface area contributed by atoms with Gasteiger partial charge in [0.05, 0.1) is 16.3 Å². The Kier molecular flexibility index (Phi) is 5.55. The minimum atomic E-state index is -4.56. The Morgan fingerprint density at radius 1 is 1.26 bits per heavy atom. The average Bonchev–Trinajstić information content (AvgIpc) is 3.00. The first kappa shape index (κ1) is 19.8. The van der Waals surface area contributed by atoms with E-state index in [0.29, 0.717) is 16.3 Å². The van der Waals surface area contributed by atoms with Crippen molar-refractivity contribution in [2.45, 2.75) is 18.3 Å². The largest absolute Gasteiger partial charge is 0.417 e. The fourth-order valence-corrected chi connectivity index (χ4v) is 3.38. The standard InChI is InChI=1S/C16H11Cl2F3N4OS/c1-8-10(17)3-2-4-12(8)22-13(26)7-27-15-24-23-14-11(18)5-9(6-25(14)15)16(19,20)21/h2-6H,7H2,1H3,(H,22,26). The minimum absolute atomic E-state index is 0.0817. The lowest BCUT2D eigenvalue weighted by Crippen LogP contribution is -2.15. The van der Waals surface area contributed by atoms with Crippen molar-refractivity contribution in [1.29, 1.82) is 0 Å². The first-order valence-electron chi connectivity index (χ1n) is 7.46. The predicted molar refractivity (Wildman–Crippen MR) is 98.5 cm³/mol. The van der Waals surface area contributed by atoms with Gasteiger partial charge in [-0.25, -0.2) is 0 Å². The zero-order valence-electron chi connectivity index (χ0n) is 13.6. The molecule has 142 valence electrons. The van der Waals surface area contributed by atoms with Crippen molar-refractivity contribution in [2.24, 2.45) is 0 Å². The van der Waals surface area contributed by atoms with E-state index in [1.54, 1.807) is 25.1 Å². The van der Waals surface area contributed by atoms with E-state index in [4.69, 9.17) is 23.2 Å². The van der Waals surface area contributed by atoms with Crippen molar-refractivity contribution < 1.29 is 18.0 Å². The maximum atomic E-state index is 13.0. The summed E-state index contributed by atoms with van der Waals surface area (Å²) in [7, 11) is 0. The van der Waals surface area contributed by atoms with E-state index >= 15 is 0 Å². The van der Waals surface area contributed by atoms with Crippen LogP contribution in [0.4, 0.5) is 18.9 Å². The first-order valence-corrected chi connectivity index (χ1v) is 9.20. The van der Waals surface area contributed by atoms with Crippen LogP contribution in [0.5, 0.6) is 0 Å². The molecule has 1 N–H and O–H groups in total. The summed E-state index contributed by atoms with van der Waals surface area (Å²) < 4.78 is 40.0. The van der Waals surface area contributed by atoms with Crippen LogP contribution >= 0.6 is 35.0 Å². The van der Waals surface area contributed by atoms with Gasteiger partial charge in [-0.05, 0) is 30.7 Å². The van der Waals surface area contributed by atoms with Crippen LogP contribution < -0.4 is 5.32 Å². The van der Waals surface area contributed by atoms with Crippen LogP contribution in [0, 0.1) is 6.92 Å². The summed E-state index contributed by atoms with van der Waals surface area (Å²) in [6, 6.07) is 5.89. The van der Waals surface area contributed by atoms with Crippen molar-refractivity contribution in [3.05, 3.63) is 51.6 Å². The molecule has 0 fully saturated rings. The lowest BCUT2D eigenvalue weighted by atomic mass is 10.2. The number of aromatic nitrogens is 3. The number of anilines is 1. The van der Waals surface area contributed by atoms with E-state index in [0.717, 1.165) is 28.4 Å². The summed E-state index contributed by atoms with van der Waals surface area (Å²) >= 11 is 12.8. The van der Waals surface area contributed by atoms with E-state index < -0.39 is 11.7 Å². The molecule has 5 nitrogen and oxygen atoms in total. The van der Waals surface area contributed by atoms with E-state index in [9.17, 15) is 18.0 Å². The van der Waals surface area contributed by atoms with Crippen LogP contribution in [-0.4, -0.2) is 26.3 Å². The topological polar surface area (TPSA) is 59.3 Å². The molecule has 0 spiro atoms. The minimum Gasteiger partial charge on any atom is -0.325 e. The molecule has 0 aliphatic carbocycles. The number of alkyl halides is 3. The van der Waals surface area contributed by atoms with E-state index in [2.05, 4.69) is 15.5 Å². The predicted octanol–water partition coefficient (Wildman–Crippen LogP) is 5.09. The van der Waals surface area contributed by atoms with Crippen LogP contribution in [0.1, 0.15) is 11.1 Å². The van der Waals surface area contributed by atoms with Gasteiger partial charge < -0.3 is 5.32 Å². The SMILES string of the molecule is Cc1c(Cl)cccc1NC(=O)CSc1nnc2c(Cl)cc(C(F)(F)F)cn12. The van der Waals surface area contributed by atoms with E-state index in [1.807, 2.05) is 0 Å². The maximum absolute atomic E-state index is 13.0. The van der Waals surface area contributed by atoms with Gasteiger partial charge in [-0.2, -0.15) is 13.2 Å². The van der Waals surface area contributed by atoms with Gasteiger partial charge in [0, 0.05) is 16.9 Å². The molecule has 0 atom stereocenters. The summed E-state index contributed by atoms with van der Waals surface area (Å²) in [6.07, 6.45) is -3.71. The number of hydrogen-bond donors (Lipinski definition) is 1. The molecular weight excluding hydrogens is 424 g/mol. The Labute approximate surface area is 165 Å². The smallest absolute Gasteiger partial charge is 0.325 e. The molecule has 1 amide bonds. The molecule has 27 heavy (non-hydrogen) atoms. The van der Waals surface area contributed by atoms with Gasteiger partial charge in [0.15, 0.2) is 10.8 Å². The summed E-state index contributed by atoms with van der Waals surface area (Å²) in [5.41, 5.74) is 0.424. The number of rotatable bonds is 4. The number of hydrogen-bond acceptors (Lipinski definition) is 4. The maximum Gasteiger partial charge on any atom is 0.417 e. The number of amides is 1. The quantitative estimate of drug-likeness (QED) is 0.580. The third-order valence-electron chi connectivity index (χ3n) is 3.63. The Morgan fingerprint density at radius 3 is 2.70 bits per heavy atom. The molecule has 11 heteroatoms. The molecule has 2 heterocycles. The third-order valence-corrected chi connectivity index (χ3v) is 5.26. The van der Waals surface area contributed by atoms with Crippen molar-refractivity contribution in [3.8, 4) is 0 Å². The zero-order valence-corrected chi connectivity index (χ0v) is 16.0. The fourth-order valence-electron chi connectivity index (χ4n) is 2.25. The Hall–Kier alpha value is -1.97.